The summed E-state index contributed by atoms with van der Waals surface area (Å²) in [6, 6.07) is -10.9. The number of unbranched alkanes of at least 4 members (excludes halogenated alkanes) is 3. The molecule has 0 spiro atoms. The Morgan fingerprint density at radius 2 is 1.02 bits per heavy atom. The van der Waals surface area contributed by atoms with E-state index in [2.05, 4.69) is 31.9 Å². The number of hydrogen-bond donors (Lipinski definition) is 14. The Morgan fingerprint density at radius 3 is 1.48 bits per heavy atom. The van der Waals surface area contributed by atoms with Gasteiger partial charge < -0.3 is 80.8 Å². The maximum Gasteiger partial charge on any atom is 0.326 e. The molecule has 0 aromatic heterocycles. The van der Waals surface area contributed by atoms with Crippen molar-refractivity contribution in [2.24, 2.45) is 28.7 Å². The number of primary amides is 1. The summed E-state index contributed by atoms with van der Waals surface area (Å²) in [5, 5.41) is 43.7. The molecule has 60 heavy (non-hydrogen) atoms. The normalized spacial score (nSPS) is 17.1. The van der Waals surface area contributed by atoms with E-state index in [0.29, 0.717) is 45.1 Å². The van der Waals surface area contributed by atoms with E-state index in [1.54, 1.807) is 0 Å². The van der Waals surface area contributed by atoms with E-state index in [0.717, 1.165) is 0 Å². The van der Waals surface area contributed by atoms with Crippen LogP contribution < -0.4 is 60.6 Å². The molecule has 1 saturated heterocycles. The lowest BCUT2D eigenvalue weighted by Crippen LogP contribution is -2.61. The second-order valence-electron chi connectivity index (χ2n) is 14.6. The van der Waals surface area contributed by atoms with E-state index in [4.69, 9.17) is 28.7 Å². The molecule has 24 nitrogen and oxygen atoms in total. The fraction of sp³-hybridized carbons (Fsp3) is 0.750. The van der Waals surface area contributed by atoms with Crippen molar-refractivity contribution in [2.75, 3.05) is 39.4 Å². The van der Waals surface area contributed by atoms with E-state index in [9.17, 15) is 58.5 Å². The Bertz CT molecular complexity index is 1450. The van der Waals surface area contributed by atoms with Gasteiger partial charge in [0.15, 0.2) is 0 Å². The third-order valence-electron chi connectivity index (χ3n) is 9.62. The van der Waals surface area contributed by atoms with Crippen LogP contribution in [0, 0.1) is 0 Å². The summed E-state index contributed by atoms with van der Waals surface area (Å²) in [5.74, 6) is -8.50. The fourth-order valence-corrected chi connectivity index (χ4v) is 6.22. The van der Waals surface area contributed by atoms with Gasteiger partial charge in [0.05, 0.1) is 25.7 Å². The van der Waals surface area contributed by atoms with Gasteiger partial charge in [0, 0.05) is 6.54 Å². The molecule has 8 amide bonds. The number of carbonyl (C=O) groups excluding carboxylic acids is 8. The fourth-order valence-electron chi connectivity index (χ4n) is 6.22. The molecule has 0 saturated carbocycles. The smallest absolute Gasteiger partial charge is 0.326 e. The van der Waals surface area contributed by atoms with Crippen LogP contribution in [0.4, 0.5) is 0 Å². The first-order valence-electron chi connectivity index (χ1n) is 20.2. The first-order valence-corrected chi connectivity index (χ1v) is 20.2. The predicted molar refractivity (Wildman–Crippen MR) is 214 cm³/mol. The molecule has 0 aromatic carbocycles. The predicted octanol–water partition coefficient (Wildman–Crippen LogP) is -6.44. The SMILES string of the molecule is C[C@H](N)C(=O)N[C@@H](CO)C(=O)N[C@@H](CC(N)=O)C(=O)N[C@@H](CCCCN)C(=O)N[C@@H](CO)C(=O)N[C@@H](CCCCN)C(=O)N1CCC[C@H]1C(=O)N[C@@H](CCCCN)C(=O)O. The van der Waals surface area contributed by atoms with Crippen LogP contribution in [0.15, 0.2) is 0 Å². The molecule has 342 valence electrons. The molecule has 1 aliphatic rings. The van der Waals surface area contributed by atoms with Gasteiger partial charge in [-0.05, 0) is 97.2 Å². The van der Waals surface area contributed by atoms with Gasteiger partial charge in [0.25, 0.3) is 0 Å². The van der Waals surface area contributed by atoms with Gasteiger partial charge >= 0.3 is 5.97 Å². The van der Waals surface area contributed by atoms with Crippen LogP contribution in [-0.2, 0) is 43.2 Å². The zero-order valence-corrected chi connectivity index (χ0v) is 34.2. The number of likely N-dealkylation sites (tertiary alicyclic amines) is 1. The highest BCUT2D eigenvalue weighted by Crippen LogP contribution is 2.21. The Hall–Kier alpha value is -5.01. The molecule has 19 N–H and O–H groups in total. The number of hydrogen-bond acceptors (Lipinski definition) is 15. The molecular weight excluding hydrogens is 792 g/mol. The lowest BCUT2D eigenvalue weighted by atomic mass is 10.0. The Morgan fingerprint density at radius 1 is 0.600 bits per heavy atom. The van der Waals surface area contributed by atoms with Gasteiger partial charge in [-0.15, -0.1) is 0 Å². The quantitative estimate of drug-likeness (QED) is 0.0299. The van der Waals surface area contributed by atoms with E-state index >= 15 is 0 Å². The number of carbonyl (C=O) groups is 9. The molecule has 8 atom stereocenters. The summed E-state index contributed by atoms with van der Waals surface area (Å²) < 4.78 is 0. The van der Waals surface area contributed by atoms with Crippen molar-refractivity contribution in [3.8, 4) is 0 Å². The zero-order chi connectivity index (χ0) is 45.4. The van der Waals surface area contributed by atoms with Gasteiger partial charge in [-0.2, -0.15) is 0 Å². The number of nitrogens with zero attached hydrogens (tertiary/aromatic N) is 1. The second-order valence-corrected chi connectivity index (χ2v) is 14.6. The number of aliphatic hydroxyl groups is 2. The van der Waals surface area contributed by atoms with Crippen LogP contribution in [0.1, 0.15) is 84.0 Å². The standard InChI is InChI=1S/C36H66N12O12/c1-20(40)29(52)46-25(18-49)33(56)45-24(17-28(41)51)31(54)42-21(9-2-5-13-37)30(53)47-26(19-50)32(55)43-22(10-3-6-14-38)35(58)48-16-8-12-27(48)34(57)44-23(36(59)60)11-4-7-15-39/h20-27,49-50H,2-19,37-40H2,1H3,(H2,41,51)(H,42,54)(H,43,55)(H,44,57)(H,45,56)(H,46,52)(H,47,53)(H,59,60)/t20-,21-,22-,23-,24-,25-,26-,27-/m0/s1. The van der Waals surface area contributed by atoms with Crippen molar-refractivity contribution in [1.29, 1.82) is 0 Å². The van der Waals surface area contributed by atoms with Gasteiger partial charge in [-0.25, -0.2) is 4.79 Å². The van der Waals surface area contributed by atoms with E-state index in [1.165, 1.54) is 11.8 Å². The number of carboxylic acid groups (broad SMARTS) is 1. The van der Waals surface area contributed by atoms with Crippen molar-refractivity contribution < 1.29 is 58.5 Å². The largest absolute Gasteiger partial charge is 0.480 e. The lowest BCUT2D eigenvalue weighted by Gasteiger charge is -2.30. The monoisotopic (exact) mass is 858 g/mol. The third-order valence-corrected chi connectivity index (χ3v) is 9.62. The molecule has 0 radical (unpaired) electrons. The summed E-state index contributed by atoms with van der Waals surface area (Å²) >= 11 is 0. The highest BCUT2D eigenvalue weighted by Gasteiger charge is 2.40. The van der Waals surface area contributed by atoms with Crippen molar-refractivity contribution in [3.05, 3.63) is 0 Å². The van der Waals surface area contributed by atoms with Gasteiger partial charge in [0.1, 0.15) is 42.3 Å². The molecule has 1 rings (SSSR count). The molecule has 1 heterocycles. The maximum atomic E-state index is 13.9. The summed E-state index contributed by atoms with van der Waals surface area (Å²) in [7, 11) is 0. The molecule has 24 heteroatoms. The summed E-state index contributed by atoms with van der Waals surface area (Å²) in [6.07, 6.45) is 2.54. The number of nitrogens with one attached hydrogen (secondary N) is 6. The molecule has 0 aromatic rings. The van der Waals surface area contributed by atoms with Crippen LogP contribution in [0.25, 0.3) is 0 Å². The minimum atomic E-state index is -1.69. The summed E-state index contributed by atoms with van der Waals surface area (Å²) in [6.45, 7) is 0.432. The topological polar surface area (TPSA) is 420 Å². The minimum Gasteiger partial charge on any atom is -0.480 e. The van der Waals surface area contributed by atoms with Crippen molar-refractivity contribution in [2.45, 2.75) is 132 Å². The highest BCUT2D eigenvalue weighted by molar-refractivity contribution is 5.98. The third kappa shape index (κ3) is 18.5. The van der Waals surface area contributed by atoms with E-state index < -0.39 is 121 Å². The second kappa shape index (κ2) is 28.5. The molecule has 0 unspecified atom stereocenters. The van der Waals surface area contributed by atoms with Crippen molar-refractivity contribution >= 4 is 53.2 Å². The van der Waals surface area contributed by atoms with Gasteiger partial charge in [-0.1, -0.05) is 0 Å². The summed E-state index contributed by atoms with van der Waals surface area (Å²) in [4.78, 5) is 118. The molecule has 1 fully saturated rings. The minimum absolute atomic E-state index is 0.0619. The maximum absolute atomic E-state index is 13.9. The van der Waals surface area contributed by atoms with Crippen LogP contribution in [0.5, 0.6) is 0 Å². The van der Waals surface area contributed by atoms with Crippen LogP contribution in [-0.4, -0.2) is 161 Å². The number of rotatable bonds is 30. The Balaban J connectivity index is 3.24. The number of aliphatic carboxylic acids is 1. The van der Waals surface area contributed by atoms with Gasteiger partial charge in [0.2, 0.25) is 47.3 Å². The molecule has 0 aliphatic carbocycles. The van der Waals surface area contributed by atoms with E-state index in [1.807, 2.05) is 0 Å². The number of carboxylic acids is 1. The molecular formula is C36H66N12O12. The zero-order valence-electron chi connectivity index (χ0n) is 34.2. The molecule has 0 bridgehead atoms. The lowest BCUT2D eigenvalue weighted by molar-refractivity contribution is -0.145. The first-order chi connectivity index (χ1) is 28.4. The van der Waals surface area contributed by atoms with Crippen LogP contribution in [0.3, 0.4) is 0 Å². The van der Waals surface area contributed by atoms with Crippen LogP contribution in [0.2, 0.25) is 0 Å². The highest BCUT2D eigenvalue weighted by atomic mass is 16.4. The van der Waals surface area contributed by atoms with Crippen molar-refractivity contribution in [3.63, 3.8) is 0 Å². The number of aliphatic hydroxyl groups excluding tert-OH is 2. The van der Waals surface area contributed by atoms with Gasteiger partial charge in [-0.3, -0.25) is 38.4 Å². The van der Waals surface area contributed by atoms with Crippen LogP contribution >= 0.6 is 0 Å². The number of nitrogens with two attached hydrogens (primary N) is 5. The Labute approximate surface area is 348 Å². The average Bonchev–Trinajstić information content (AvgIpc) is 3.70. The molecule has 1 aliphatic heterocycles. The number of amides is 8. The van der Waals surface area contributed by atoms with Crippen molar-refractivity contribution in [1.82, 2.24) is 36.8 Å². The van der Waals surface area contributed by atoms with E-state index in [-0.39, 0.29) is 51.7 Å². The summed E-state index contributed by atoms with van der Waals surface area (Å²) in [5.41, 5.74) is 27.6. The Kier molecular flexibility index (Phi) is 25.1. The average molecular weight is 859 g/mol. The first kappa shape index (κ1) is 53.0.